The molecule has 0 unspecified atom stereocenters. The second-order valence-electron chi connectivity index (χ2n) is 6.01. The Labute approximate surface area is 152 Å². The first kappa shape index (κ1) is 15.9. The molecule has 0 atom stereocenters. The highest BCUT2D eigenvalue weighted by atomic mass is 15.2. The van der Waals surface area contributed by atoms with Crippen molar-refractivity contribution in [1.82, 2.24) is 19.4 Å². The molecule has 0 fully saturated rings. The van der Waals surface area contributed by atoms with Crippen LogP contribution in [0.4, 0.5) is 5.82 Å². The van der Waals surface area contributed by atoms with Crippen molar-refractivity contribution >= 4 is 11.5 Å². The van der Waals surface area contributed by atoms with Crippen LogP contribution in [0.5, 0.6) is 0 Å². The first-order chi connectivity index (χ1) is 12.7. The van der Waals surface area contributed by atoms with E-state index >= 15 is 0 Å². The highest BCUT2D eigenvalue weighted by Crippen LogP contribution is 2.20. The zero-order chi connectivity index (χ0) is 17.9. The van der Waals surface area contributed by atoms with E-state index in [9.17, 15) is 0 Å². The predicted octanol–water partition coefficient (Wildman–Crippen LogP) is 3.41. The van der Waals surface area contributed by atoms with Crippen molar-refractivity contribution in [3.8, 4) is 23.9 Å². The fourth-order valence-corrected chi connectivity index (χ4v) is 2.85. The number of pyridine rings is 1. The molecule has 0 aliphatic carbocycles. The Hall–Kier alpha value is -3.65. The summed E-state index contributed by atoms with van der Waals surface area (Å²) in [5, 5.41) is 0. The van der Waals surface area contributed by atoms with Gasteiger partial charge in [-0.1, -0.05) is 36.3 Å². The molecule has 4 rings (SSSR count). The van der Waals surface area contributed by atoms with E-state index in [1.54, 1.807) is 12.4 Å². The van der Waals surface area contributed by atoms with Gasteiger partial charge in [-0.25, -0.2) is 15.0 Å². The summed E-state index contributed by atoms with van der Waals surface area (Å²) in [5.41, 5.74) is 3.63. The fourth-order valence-electron chi connectivity index (χ4n) is 2.85. The van der Waals surface area contributed by atoms with Crippen molar-refractivity contribution in [1.29, 1.82) is 0 Å². The summed E-state index contributed by atoms with van der Waals surface area (Å²) in [6, 6.07) is 16.0. The van der Waals surface area contributed by atoms with Crippen LogP contribution < -0.4 is 4.90 Å². The maximum atomic E-state index is 5.51. The van der Waals surface area contributed by atoms with Crippen molar-refractivity contribution in [2.75, 3.05) is 11.9 Å². The van der Waals surface area contributed by atoms with Gasteiger partial charge in [0.2, 0.25) is 0 Å². The van der Waals surface area contributed by atoms with E-state index in [1.807, 2.05) is 54.0 Å². The number of aromatic nitrogens is 4. The van der Waals surface area contributed by atoms with Crippen molar-refractivity contribution < 1.29 is 0 Å². The molecule has 0 aliphatic rings. The molecular formula is C21H17N5. The minimum Gasteiger partial charge on any atom is -0.355 e. The molecule has 0 saturated carbocycles. The van der Waals surface area contributed by atoms with Crippen LogP contribution >= 0.6 is 0 Å². The third-order valence-electron chi connectivity index (χ3n) is 4.20. The topological polar surface area (TPSA) is 46.3 Å². The van der Waals surface area contributed by atoms with E-state index in [4.69, 9.17) is 11.4 Å². The number of benzene rings is 1. The van der Waals surface area contributed by atoms with Gasteiger partial charge in [0, 0.05) is 31.5 Å². The van der Waals surface area contributed by atoms with Gasteiger partial charge in [0.05, 0.1) is 6.20 Å². The Morgan fingerprint density at radius 2 is 1.92 bits per heavy atom. The van der Waals surface area contributed by atoms with Crippen molar-refractivity contribution in [2.24, 2.45) is 0 Å². The van der Waals surface area contributed by atoms with Crippen LogP contribution in [0.1, 0.15) is 11.1 Å². The van der Waals surface area contributed by atoms with E-state index in [-0.39, 0.29) is 0 Å². The Morgan fingerprint density at radius 3 is 2.73 bits per heavy atom. The lowest BCUT2D eigenvalue weighted by molar-refractivity contribution is 0.891. The lowest BCUT2D eigenvalue weighted by Crippen LogP contribution is -2.18. The normalized spacial score (nSPS) is 10.6. The molecule has 1 aromatic carbocycles. The van der Waals surface area contributed by atoms with Gasteiger partial charge >= 0.3 is 0 Å². The van der Waals surface area contributed by atoms with E-state index in [0.29, 0.717) is 5.82 Å². The molecule has 0 radical (unpaired) electrons. The standard InChI is InChI=1S/C21H17N5/c1-3-16-9-10-19-23-13-18(26(19)15-16)21-22-12-11-20(24-21)25(2)14-17-7-5-4-6-8-17/h1,4-13,15H,14H2,2H3. The first-order valence-electron chi connectivity index (χ1n) is 8.27. The molecule has 0 spiro atoms. The number of terminal acetylenes is 1. The number of hydrogen-bond donors (Lipinski definition) is 0. The Morgan fingerprint density at radius 1 is 1.08 bits per heavy atom. The molecule has 3 heterocycles. The predicted molar refractivity (Wildman–Crippen MR) is 103 cm³/mol. The lowest BCUT2D eigenvalue weighted by Gasteiger charge is -2.18. The van der Waals surface area contributed by atoms with Gasteiger partial charge in [0.1, 0.15) is 17.2 Å². The van der Waals surface area contributed by atoms with Crippen molar-refractivity contribution in [2.45, 2.75) is 6.54 Å². The van der Waals surface area contributed by atoms with Crippen molar-refractivity contribution in [3.63, 3.8) is 0 Å². The molecule has 0 saturated heterocycles. The smallest absolute Gasteiger partial charge is 0.180 e. The molecule has 0 aliphatic heterocycles. The first-order valence-corrected chi connectivity index (χ1v) is 8.27. The molecular weight excluding hydrogens is 322 g/mol. The molecule has 5 heteroatoms. The van der Waals surface area contributed by atoms with Crippen LogP contribution in [0.15, 0.2) is 67.1 Å². The second kappa shape index (κ2) is 6.69. The van der Waals surface area contributed by atoms with Crippen molar-refractivity contribution in [3.05, 3.63) is 78.2 Å². The quantitative estimate of drug-likeness (QED) is 0.535. The van der Waals surface area contributed by atoms with Gasteiger partial charge in [-0.15, -0.1) is 6.42 Å². The van der Waals surface area contributed by atoms with E-state index in [0.717, 1.165) is 29.3 Å². The zero-order valence-electron chi connectivity index (χ0n) is 14.4. The number of nitrogens with zero attached hydrogens (tertiary/aromatic N) is 5. The van der Waals surface area contributed by atoms with Crippen LogP contribution in [-0.2, 0) is 6.54 Å². The summed E-state index contributed by atoms with van der Waals surface area (Å²) in [4.78, 5) is 15.7. The molecule has 0 amide bonds. The number of hydrogen-bond acceptors (Lipinski definition) is 4. The second-order valence-corrected chi connectivity index (χ2v) is 6.01. The van der Waals surface area contributed by atoms with Crippen LogP contribution in [0.25, 0.3) is 17.2 Å². The largest absolute Gasteiger partial charge is 0.355 e. The molecule has 4 aromatic rings. The summed E-state index contributed by atoms with van der Waals surface area (Å²) < 4.78 is 1.92. The number of anilines is 1. The summed E-state index contributed by atoms with van der Waals surface area (Å²) in [6.45, 7) is 0.770. The summed E-state index contributed by atoms with van der Waals surface area (Å²) in [7, 11) is 2.02. The van der Waals surface area contributed by atoms with E-state index in [2.05, 4.69) is 32.9 Å². The Bertz CT molecular complexity index is 1090. The minimum absolute atomic E-state index is 0.615. The highest BCUT2D eigenvalue weighted by molar-refractivity contribution is 5.59. The fraction of sp³-hybridized carbons (Fsp3) is 0.0952. The Balaban J connectivity index is 1.69. The van der Waals surface area contributed by atoms with Crippen LogP contribution in [0.3, 0.4) is 0 Å². The molecule has 5 nitrogen and oxygen atoms in total. The maximum absolute atomic E-state index is 5.51. The van der Waals surface area contributed by atoms with Gasteiger partial charge in [-0.05, 0) is 23.8 Å². The van der Waals surface area contributed by atoms with Gasteiger partial charge in [0.15, 0.2) is 5.82 Å². The van der Waals surface area contributed by atoms with Crippen LogP contribution in [-0.4, -0.2) is 26.4 Å². The molecule has 3 aromatic heterocycles. The van der Waals surface area contributed by atoms with Gasteiger partial charge in [0.25, 0.3) is 0 Å². The average Bonchev–Trinajstić information content (AvgIpc) is 3.12. The van der Waals surface area contributed by atoms with E-state index < -0.39 is 0 Å². The number of fused-ring (bicyclic) bond motifs is 1. The number of imidazole rings is 1. The summed E-state index contributed by atoms with van der Waals surface area (Å²) in [5.74, 6) is 4.11. The maximum Gasteiger partial charge on any atom is 0.180 e. The monoisotopic (exact) mass is 339 g/mol. The van der Waals surface area contributed by atoms with Crippen LogP contribution in [0.2, 0.25) is 0 Å². The molecule has 0 N–H and O–H groups in total. The van der Waals surface area contributed by atoms with Gasteiger partial charge < -0.3 is 4.90 Å². The van der Waals surface area contributed by atoms with Crippen LogP contribution in [0, 0.1) is 12.3 Å². The lowest BCUT2D eigenvalue weighted by atomic mass is 10.2. The van der Waals surface area contributed by atoms with Gasteiger partial charge in [-0.2, -0.15) is 0 Å². The SMILES string of the molecule is C#Cc1ccc2ncc(-c3nccc(N(C)Cc4ccccc4)n3)n2c1. The highest BCUT2D eigenvalue weighted by Gasteiger charge is 2.11. The molecule has 126 valence electrons. The zero-order valence-corrected chi connectivity index (χ0v) is 14.4. The average molecular weight is 339 g/mol. The van der Waals surface area contributed by atoms with Gasteiger partial charge in [-0.3, -0.25) is 4.40 Å². The summed E-state index contributed by atoms with van der Waals surface area (Å²) >= 11 is 0. The number of rotatable bonds is 4. The summed E-state index contributed by atoms with van der Waals surface area (Å²) in [6.07, 6.45) is 10.9. The third kappa shape index (κ3) is 3.01. The molecule has 26 heavy (non-hydrogen) atoms. The molecule has 0 bridgehead atoms. The minimum atomic E-state index is 0.615. The third-order valence-corrected chi connectivity index (χ3v) is 4.20. The van der Waals surface area contributed by atoms with E-state index in [1.165, 1.54) is 5.56 Å². The Kier molecular flexibility index (Phi) is 4.08.